The topological polar surface area (TPSA) is 66.0 Å². The predicted octanol–water partition coefficient (Wildman–Crippen LogP) is 1.69. The van der Waals surface area contributed by atoms with Crippen molar-refractivity contribution in [2.24, 2.45) is 4.99 Å². The summed E-state index contributed by atoms with van der Waals surface area (Å²) in [4.78, 5) is 18.0. The Morgan fingerprint density at radius 3 is 2.64 bits per heavy atom. The third-order valence-electron chi connectivity index (χ3n) is 4.22. The van der Waals surface area contributed by atoms with E-state index in [0.717, 1.165) is 25.0 Å². The molecule has 0 bridgehead atoms. The van der Waals surface area contributed by atoms with Gasteiger partial charge < -0.3 is 20.3 Å². The van der Waals surface area contributed by atoms with Crippen LogP contribution in [0.1, 0.15) is 30.4 Å². The number of amides is 1. The molecule has 0 aliphatic carbocycles. The van der Waals surface area contributed by atoms with Crippen LogP contribution in [0.25, 0.3) is 0 Å². The Morgan fingerprint density at radius 2 is 2.00 bits per heavy atom. The maximum absolute atomic E-state index is 11.8. The van der Waals surface area contributed by atoms with Crippen LogP contribution in [0, 0.1) is 6.92 Å². The number of aliphatic imine (C=N–C) groups is 1. The van der Waals surface area contributed by atoms with Gasteiger partial charge in [0.05, 0.1) is 19.2 Å². The molecular weight excluding hydrogens is 316 g/mol. The molecule has 1 aliphatic rings. The minimum Gasteiger partial charge on any atom is -0.376 e. The number of nitrogens with one attached hydrogen (secondary N) is 2. The monoisotopic (exact) mass is 346 g/mol. The Kier molecular flexibility index (Phi) is 7.73. The Hall–Kier alpha value is -2.08. The van der Waals surface area contributed by atoms with Gasteiger partial charge in [0.15, 0.2) is 5.96 Å². The second-order valence-corrected chi connectivity index (χ2v) is 6.66. The van der Waals surface area contributed by atoms with E-state index in [1.54, 1.807) is 19.0 Å². The van der Waals surface area contributed by atoms with Crippen molar-refractivity contribution in [2.75, 3.05) is 33.8 Å². The van der Waals surface area contributed by atoms with Gasteiger partial charge in [-0.2, -0.15) is 0 Å². The molecular formula is C19H30N4O2. The lowest BCUT2D eigenvalue weighted by atomic mass is 10.1. The number of hydrogen-bond acceptors (Lipinski definition) is 3. The van der Waals surface area contributed by atoms with Gasteiger partial charge >= 0.3 is 0 Å². The summed E-state index contributed by atoms with van der Waals surface area (Å²) in [5.41, 5.74) is 2.37. The third kappa shape index (κ3) is 7.13. The highest BCUT2D eigenvalue weighted by Crippen LogP contribution is 2.11. The van der Waals surface area contributed by atoms with Crippen molar-refractivity contribution in [3.05, 3.63) is 35.4 Å². The highest BCUT2D eigenvalue weighted by molar-refractivity contribution is 5.86. The van der Waals surface area contributed by atoms with Gasteiger partial charge in [-0.1, -0.05) is 29.8 Å². The molecule has 0 spiro atoms. The molecule has 2 rings (SSSR count). The first kappa shape index (κ1) is 19.2. The highest BCUT2D eigenvalue weighted by Gasteiger charge is 2.14. The van der Waals surface area contributed by atoms with Crippen molar-refractivity contribution >= 4 is 11.9 Å². The zero-order valence-corrected chi connectivity index (χ0v) is 15.5. The number of aryl methyl sites for hydroxylation is 1. The molecule has 1 heterocycles. The molecule has 2 N–H and O–H groups in total. The van der Waals surface area contributed by atoms with E-state index >= 15 is 0 Å². The second kappa shape index (κ2) is 10.0. The van der Waals surface area contributed by atoms with Crippen LogP contribution in [0.4, 0.5) is 0 Å². The summed E-state index contributed by atoms with van der Waals surface area (Å²) < 4.78 is 5.75. The molecule has 1 aromatic rings. The molecule has 6 heteroatoms. The molecule has 6 nitrogen and oxygen atoms in total. The van der Waals surface area contributed by atoms with E-state index in [4.69, 9.17) is 4.74 Å². The van der Waals surface area contributed by atoms with E-state index in [1.165, 1.54) is 12.0 Å². The van der Waals surface area contributed by atoms with Crippen molar-refractivity contribution in [1.29, 1.82) is 0 Å². The molecule has 1 fully saturated rings. The van der Waals surface area contributed by atoms with E-state index in [0.29, 0.717) is 19.0 Å². The van der Waals surface area contributed by atoms with Crippen molar-refractivity contribution < 1.29 is 9.53 Å². The van der Waals surface area contributed by atoms with Crippen LogP contribution in [-0.2, 0) is 16.1 Å². The maximum atomic E-state index is 11.8. The molecule has 1 atom stereocenters. The first-order valence-corrected chi connectivity index (χ1v) is 8.94. The Balaban J connectivity index is 1.92. The van der Waals surface area contributed by atoms with Crippen LogP contribution < -0.4 is 10.6 Å². The minimum atomic E-state index is 0.0127. The van der Waals surface area contributed by atoms with Crippen LogP contribution in [0.15, 0.2) is 29.3 Å². The van der Waals surface area contributed by atoms with Gasteiger partial charge in [0.25, 0.3) is 0 Å². The van der Waals surface area contributed by atoms with Gasteiger partial charge in [0, 0.05) is 27.2 Å². The van der Waals surface area contributed by atoms with E-state index in [9.17, 15) is 4.79 Å². The van der Waals surface area contributed by atoms with Gasteiger partial charge in [-0.15, -0.1) is 0 Å². The normalized spacial score (nSPS) is 17.9. The average Bonchev–Trinajstić information content (AvgIpc) is 2.63. The number of carbonyl (C=O) groups is 1. The fourth-order valence-electron chi connectivity index (χ4n) is 2.53. The molecule has 25 heavy (non-hydrogen) atoms. The quantitative estimate of drug-likeness (QED) is 0.608. The molecule has 0 radical (unpaired) electrons. The summed E-state index contributed by atoms with van der Waals surface area (Å²) in [6, 6.07) is 8.31. The van der Waals surface area contributed by atoms with Gasteiger partial charge in [-0.05, 0) is 31.7 Å². The Morgan fingerprint density at radius 1 is 1.24 bits per heavy atom. The maximum Gasteiger partial charge on any atom is 0.241 e. The van der Waals surface area contributed by atoms with Crippen LogP contribution in [0.5, 0.6) is 0 Å². The summed E-state index contributed by atoms with van der Waals surface area (Å²) in [7, 11) is 3.49. The smallest absolute Gasteiger partial charge is 0.241 e. The van der Waals surface area contributed by atoms with Crippen molar-refractivity contribution in [1.82, 2.24) is 15.5 Å². The van der Waals surface area contributed by atoms with Gasteiger partial charge in [0.2, 0.25) is 5.91 Å². The number of likely N-dealkylation sites (N-methyl/N-ethyl adjacent to an activating group) is 1. The van der Waals surface area contributed by atoms with Crippen molar-refractivity contribution in [2.45, 2.75) is 38.8 Å². The number of rotatable bonds is 6. The number of carbonyl (C=O) groups excluding carboxylic acids is 1. The van der Waals surface area contributed by atoms with Gasteiger partial charge in [-0.25, -0.2) is 4.99 Å². The third-order valence-corrected chi connectivity index (χ3v) is 4.22. The summed E-state index contributed by atoms with van der Waals surface area (Å²) in [5.74, 6) is 0.656. The van der Waals surface area contributed by atoms with Crippen molar-refractivity contribution in [3.63, 3.8) is 0 Å². The molecule has 0 aromatic heterocycles. The lowest BCUT2D eigenvalue weighted by Crippen LogP contribution is -2.45. The number of hydrogen-bond donors (Lipinski definition) is 2. The second-order valence-electron chi connectivity index (χ2n) is 6.66. The minimum absolute atomic E-state index is 0.0127. The fraction of sp³-hybridized carbons (Fsp3) is 0.579. The van der Waals surface area contributed by atoms with Gasteiger partial charge in [-0.3, -0.25) is 4.79 Å². The summed E-state index contributed by atoms with van der Waals surface area (Å²) >= 11 is 0. The Bertz CT molecular complexity index is 563. The lowest BCUT2D eigenvalue weighted by molar-refractivity contribution is -0.127. The zero-order chi connectivity index (χ0) is 18.1. The van der Waals surface area contributed by atoms with E-state index in [-0.39, 0.29) is 18.6 Å². The fourth-order valence-corrected chi connectivity index (χ4v) is 2.53. The molecule has 1 unspecified atom stereocenters. The molecule has 0 saturated carbocycles. The lowest BCUT2D eigenvalue weighted by Gasteiger charge is -2.24. The molecule has 138 valence electrons. The zero-order valence-electron chi connectivity index (χ0n) is 15.5. The van der Waals surface area contributed by atoms with E-state index < -0.39 is 0 Å². The number of ether oxygens (including phenoxy) is 1. The molecule has 1 aromatic carbocycles. The summed E-state index contributed by atoms with van der Waals surface area (Å²) in [5, 5.41) is 6.42. The Labute approximate surface area is 150 Å². The van der Waals surface area contributed by atoms with Crippen LogP contribution in [0.3, 0.4) is 0 Å². The standard InChI is InChI=1S/C19H30N4O2/c1-15-7-9-16(10-8-15)12-20-19(22-14-18(24)23(2)3)21-13-17-6-4-5-11-25-17/h7-10,17H,4-6,11-14H2,1-3H3,(H2,20,21,22). The van der Waals surface area contributed by atoms with Crippen LogP contribution in [-0.4, -0.2) is 56.7 Å². The number of benzene rings is 1. The SMILES string of the molecule is Cc1ccc(CN=C(NCC(=O)N(C)C)NCC2CCCCO2)cc1. The number of nitrogens with zero attached hydrogens (tertiary/aromatic N) is 2. The average molecular weight is 346 g/mol. The molecule has 1 amide bonds. The first-order chi connectivity index (χ1) is 12.0. The summed E-state index contributed by atoms with van der Waals surface area (Å²) in [6.45, 7) is 4.39. The van der Waals surface area contributed by atoms with Gasteiger partial charge in [0.1, 0.15) is 0 Å². The van der Waals surface area contributed by atoms with Crippen LogP contribution in [0.2, 0.25) is 0 Å². The molecule has 1 aliphatic heterocycles. The largest absolute Gasteiger partial charge is 0.376 e. The summed E-state index contributed by atoms with van der Waals surface area (Å²) in [6.07, 6.45) is 3.62. The van der Waals surface area contributed by atoms with E-state index in [1.807, 2.05) is 0 Å². The predicted molar refractivity (Wildman–Crippen MR) is 101 cm³/mol. The molecule has 1 saturated heterocycles. The van der Waals surface area contributed by atoms with Crippen LogP contribution >= 0.6 is 0 Å². The number of guanidine groups is 1. The van der Waals surface area contributed by atoms with E-state index in [2.05, 4.69) is 46.8 Å². The first-order valence-electron chi connectivity index (χ1n) is 8.94. The highest BCUT2D eigenvalue weighted by atomic mass is 16.5. The van der Waals surface area contributed by atoms with Crippen molar-refractivity contribution in [3.8, 4) is 0 Å².